The first-order valence-electron chi connectivity index (χ1n) is 7.01. The van der Waals surface area contributed by atoms with E-state index in [-0.39, 0.29) is 0 Å². The van der Waals surface area contributed by atoms with E-state index in [9.17, 15) is 0 Å². The van der Waals surface area contributed by atoms with Gasteiger partial charge in [0.15, 0.2) is 5.75 Å². The number of rotatable bonds is 3. The molecule has 4 rings (SSSR count). The highest BCUT2D eigenvalue weighted by Crippen LogP contribution is 2.33. The van der Waals surface area contributed by atoms with Crippen LogP contribution in [0, 0.1) is 7.14 Å². The number of pyridine rings is 1. The molecule has 2 aromatic heterocycles. The summed E-state index contributed by atoms with van der Waals surface area (Å²) in [6.07, 6.45) is 1.79. The third-order valence-electron chi connectivity index (χ3n) is 3.54. The third kappa shape index (κ3) is 2.89. The van der Waals surface area contributed by atoms with Crippen molar-refractivity contribution in [2.45, 2.75) is 6.61 Å². The summed E-state index contributed by atoms with van der Waals surface area (Å²) in [5, 5.41) is 1.10. The van der Waals surface area contributed by atoms with Crippen molar-refractivity contribution in [1.82, 2.24) is 15.0 Å². The van der Waals surface area contributed by atoms with Gasteiger partial charge in [-0.15, -0.1) is 0 Å². The van der Waals surface area contributed by atoms with E-state index >= 15 is 0 Å². The fourth-order valence-electron chi connectivity index (χ4n) is 2.50. The molecule has 0 fully saturated rings. The molecular formula is C17H11I2N3O. The zero-order valence-electron chi connectivity index (χ0n) is 11.9. The van der Waals surface area contributed by atoms with Crippen LogP contribution in [0.5, 0.6) is 5.75 Å². The van der Waals surface area contributed by atoms with E-state index in [1.165, 1.54) is 3.57 Å². The molecule has 0 unspecified atom stereocenters. The van der Waals surface area contributed by atoms with E-state index in [1.807, 2.05) is 30.3 Å². The van der Waals surface area contributed by atoms with Crippen LogP contribution in [0.3, 0.4) is 0 Å². The second-order valence-electron chi connectivity index (χ2n) is 5.06. The van der Waals surface area contributed by atoms with Crippen LogP contribution in [0.1, 0.15) is 5.82 Å². The first-order chi connectivity index (χ1) is 11.2. The van der Waals surface area contributed by atoms with E-state index in [4.69, 9.17) is 4.74 Å². The number of nitrogens with zero attached hydrogens (tertiary/aromatic N) is 2. The first kappa shape index (κ1) is 15.1. The summed E-state index contributed by atoms with van der Waals surface area (Å²) in [4.78, 5) is 12.3. The molecule has 23 heavy (non-hydrogen) atoms. The minimum atomic E-state index is 0.386. The average Bonchev–Trinajstić information content (AvgIpc) is 2.97. The summed E-state index contributed by atoms with van der Waals surface area (Å²) in [5.74, 6) is 1.62. The molecule has 0 aliphatic rings. The number of hydrogen-bond acceptors (Lipinski definition) is 3. The normalized spacial score (nSPS) is 11.2. The molecule has 0 spiro atoms. The summed E-state index contributed by atoms with van der Waals surface area (Å²) in [6.45, 7) is 0.386. The third-order valence-corrected chi connectivity index (χ3v) is 5.24. The van der Waals surface area contributed by atoms with Crippen molar-refractivity contribution in [2.24, 2.45) is 0 Å². The highest BCUT2D eigenvalue weighted by Gasteiger charge is 2.13. The van der Waals surface area contributed by atoms with Gasteiger partial charge >= 0.3 is 0 Å². The molecular weight excluding hydrogens is 516 g/mol. The van der Waals surface area contributed by atoms with E-state index < -0.39 is 0 Å². The maximum absolute atomic E-state index is 6.05. The van der Waals surface area contributed by atoms with E-state index in [0.717, 1.165) is 37.1 Å². The molecule has 6 heteroatoms. The fourth-order valence-corrected chi connectivity index (χ4v) is 4.56. The Hall–Kier alpha value is -1.42. The predicted octanol–water partition coefficient (Wildman–Crippen LogP) is 4.90. The van der Waals surface area contributed by atoms with Gasteiger partial charge in [-0.05, 0) is 69.4 Å². The summed E-state index contributed by atoms with van der Waals surface area (Å²) >= 11 is 4.62. The van der Waals surface area contributed by atoms with Crippen molar-refractivity contribution < 1.29 is 4.74 Å². The molecule has 0 aliphatic heterocycles. The van der Waals surface area contributed by atoms with Crippen molar-refractivity contribution in [2.75, 3.05) is 0 Å². The Kier molecular flexibility index (Phi) is 4.10. The highest BCUT2D eigenvalue weighted by atomic mass is 127. The second kappa shape index (κ2) is 6.23. The number of ether oxygens (including phenoxy) is 1. The van der Waals surface area contributed by atoms with Gasteiger partial charge in [0.25, 0.3) is 0 Å². The maximum atomic E-state index is 6.05. The lowest BCUT2D eigenvalue weighted by atomic mass is 10.2. The number of aromatic amines is 1. The molecule has 2 aromatic carbocycles. The number of imidazole rings is 1. The number of hydrogen-bond donors (Lipinski definition) is 1. The predicted molar refractivity (Wildman–Crippen MR) is 108 cm³/mol. The zero-order valence-corrected chi connectivity index (χ0v) is 16.2. The van der Waals surface area contributed by atoms with Crippen molar-refractivity contribution in [3.8, 4) is 5.75 Å². The molecule has 0 saturated heterocycles. The van der Waals surface area contributed by atoms with Crippen LogP contribution >= 0.6 is 45.2 Å². The molecule has 0 saturated carbocycles. The molecule has 114 valence electrons. The van der Waals surface area contributed by atoms with Gasteiger partial charge in [-0.2, -0.15) is 0 Å². The van der Waals surface area contributed by atoms with Gasteiger partial charge in [-0.1, -0.05) is 18.2 Å². The maximum Gasteiger partial charge on any atom is 0.159 e. The number of fused-ring (bicyclic) bond motifs is 2. The van der Waals surface area contributed by atoms with Crippen molar-refractivity contribution in [1.29, 1.82) is 0 Å². The van der Waals surface area contributed by atoms with Gasteiger partial charge in [-0.3, -0.25) is 4.98 Å². The van der Waals surface area contributed by atoms with Crippen LogP contribution in [-0.4, -0.2) is 15.0 Å². The van der Waals surface area contributed by atoms with Gasteiger partial charge in [0.2, 0.25) is 0 Å². The Morgan fingerprint density at radius 2 is 1.91 bits per heavy atom. The Bertz CT molecular complexity index is 980. The number of para-hydroxylation sites is 2. The quantitative estimate of drug-likeness (QED) is 0.386. The van der Waals surface area contributed by atoms with Gasteiger partial charge < -0.3 is 9.72 Å². The lowest BCUT2D eigenvalue weighted by Gasteiger charge is -2.11. The van der Waals surface area contributed by atoms with Crippen molar-refractivity contribution in [3.63, 3.8) is 0 Å². The zero-order chi connectivity index (χ0) is 15.8. The first-order valence-corrected chi connectivity index (χ1v) is 9.17. The molecule has 0 atom stereocenters. The number of halogens is 2. The summed E-state index contributed by atoms with van der Waals surface area (Å²) in [6, 6.07) is 14.1. The van der Waals surface area contributed by atoms with Gasteiger partial charge in [0.1, 0.15) is 17.9 Å². The summed E-state index contributed by atoms with van der Waals surface area (Å²) in [7, 11) is 0. The largest absolute Gasteiger partial charge is 0.482 e. The van der Waals surface area contributed by atoms with Gasteiger partial charge in [0.05, 0.1) is 14.6 Å². The minimum Gasteiger partial charge on any atom is -0.482 e. The molecule has 0 bridgehead atoms. The van der Waals surface area contributed by atoms with Crippen LogP contribution < -0.4 is 4.74 Å². The SMILES string of the molecule is Ic1cc(I)c2cccnc2c1OCc1nc2ccccc2[nH]1. The number of benzene rings is 2. The highest BCUT2D eigenvalue weighted by molar-refractivity contribution is 14.1. The Morgan fingerprint density at radius 1 is 1.04 bits per heavy atom. The Balaban J connectivity index is 1.70. The molecule has 0 amide bonds. The van der Waals surface area contributed by atoms with Gasteiger partial charge in [-0.25, -0.2) is 4.98 Å². The van der Waals surface area contributed by atoms with Crippen molar-refractivity contribution >= 4 is 67.1 Å². The van der Waals surface area contributed by atoms with E-state index in [1.54, 1.807) is 6.20 Å². The molecule has 4 aromatic rings. The Morgan fingerprint density at radius 3 is 2.78 bits per heavy atom. The number of nitrogens with one attached hydrogen (secondary N) is 1. The molecule has 0 aliphatic carbocycles. The number of aromatic nitrogens is 3. The molecule has 1 N–H and O–H groups in total. The lowest BCUT2D eigenvalue weighted by molar-refractivity contribution is 0.298. The summed E-state index contributed by atoms with van der Waals surface area (Å²) < 4.78 is 8.28. The smallest absolute Gasteiger partial charge is 0.159 e. The standard InChI is InChI=1S/C17H11I2N3O/c18-11-8-12(19)17(16-10(11)4-3-7-20-16)23-9-15-21-13-5-1-2-6-14(13)22-15/h1-8H,9H2,(H,21,22). The van der Waals surface area contributed by atoms with Crippen LogP contribution in [0.4, 0.5) is 0 Å². The second-order valence-corrected chi connectivity index (χ2v) is 7.38. The molecule has 4 nitrogen and oxygen atoms in total. The molecule has 2 heterocycles. The van der Waals surface area contributed by atoms with Crippen LogP contribution in [0.25, 0.3) is 21.9 Å². The summed E-state index contributed by atoms with van der Waals surface area (Å²) in [5.41, 5.74) is 2.86. The van der Waals surface area contributed by atoms with E-state index in [2.05, 4.69) is 72.3 Å². The van der Waals surface area contributed by atoms with Crippen LogP contribution in [0.2, 0.25) is 0 Å². The van der Waals surface area contributed by atoms with Gasteiger partial charge in [0, 0.05) is 15.2 Å². The van der Waals surface area contributed by atoms with Crippen molar-refractivity contribution in [3.05, 3.63) is 61.6 Å². The topological polar surface area (TPSA) is 50.8 Å². The lowest BCUT2D eigenvalue weighted by Crippen LogP contribution is -2.01. The fraction of sp³-hybridized carbons (Fsp3) is 0.0588. The monoisotopic (exact) mass is 527 g/mol. The number of H-pyrrole nitrogens is 1. The Labute approximate surface area is 160 Å². The van der Waals surface area contributed by atoms with E-state index in [0.29, 0.717) is 6.61 Å². The average molecular weight is 527 g/mol. The molecule has 0 radical (unpaired) electrons. The minimum absolute atomic E-state index is 0.386. The van der Waals surface area contributed by atoms with Crippen LogP contribution in [-0.2, 0) is 6.61 Å². The van der Waals surface area contributed by atoms with Crippen LogP contribution in [0.15, 0.2) is 48.7 Å².